The summed E-state index contributed by atoms with van der Waals surface area (Å²) < 4.78 is 0. The van der Waals surface area contributed by atoms with E-state index in [9.17, 15) is 9.59 Å². The highest BCUT2D eigenvalue weighted by Crippen LogP contribution is 2.17. The van der Waals surface area contributed by atoms with Gasteiger partial charge in [-0.1, -0.05) is 25.0 Å². The number of anilines is 1. The van der Waals surface area contributed by atoms with E-state index >= 15 is 0 Å². The van der Waals surface area contributed by atoms with Crippen molar-refractivity contribution in [2.24, 2.45) is 0 Å². The van der Waals surface area contributed by atoms with Crippen LogP contribution in [0.2, 0.25) is 0 Å². The lowest BCUT2D eigenvalue weighted by atomic mass is 10.2. The zero-order chi connectivity index (χ0) is 13.7. The highest BCUT2D eigenvalue weighted by atomic mass is 16.4. The number of carbonyl (C=O) groups is 2. The van der Waals surface area contributed by atoms with Gasteiger partial charge >= 0.3 is 5.97 Å². The number of hydrogen-bond acceptors (Lipinski definition) is 3. The molecule has 0 atom stereocenters. The summed E-state index contributed by atoms with van der Waals surface area (Å²) >= 11 is 0. The van der Waals surface area contributed by atoms with Gasteiger partial charge in [-0.05, 0) is 25.0 Å². The molecule has 5 heteroatoms. The molecule has 1 aromatic carbocycles. The summed E-state index contributed by atoms with van der Waals surface area (Å²) in [5.41, 5.74) is 0.449. The Morgan fingerprint density at radius 3 is 2.58 bits per heavy atom. The first-order valence-electron chi connectivity index (χ1n) is 6.52. The van der Waals surface area contributed by atoms with Crippen LogP contribution in [0.4, 0.5) is 5.69 Å². The van der Waals surface area contributed by atoms with Gasteiger partial charge in [0.1, 0.15) is 0 Å². The van der Waals surface area contributed by atoms with Gasteiger partial charge in [-0.15, -0.1) is 0 Å². The van der Waals surface area contributed by atoms with E-state index in [0.29, 0.717) is 11.7 Å². The lowest BCUT2D eigenvalue weighted by molar-refractivity contribution is -0.115. The fourth-order valence-electron chi connectivity index (χ4n) is 2.34. The fraction of sp³-hybridized carbons (Fsp3) is 0.429. The molecule has 0 unspecified atom stereocenters. The number of aromatic carboxylic acids is 1. The molecule has 0 saturated heterocycles. The number of benzene rings is 1. The van der Waals surface area contributed by atoms with Crippen molar-refractivity contribution in [2.45, 2.75) is 31.7 Å². The van der Waals surface area contributed by atoms with Gasteiger partial charge in [-0.25, -0.2) is 4.79 Å². The zero-order valence-corrected chi connectivity index (χ0v) is 10.7. The first kappa shape index (κ1) is 13.5. The van der Waals surface area contributed by atoms with E-state index in [0.717, 1.165) is 12.8 Å². The maximum Gasteiger partial charge on any atom is 0.337 e. The number of carboxylic acids is 1. The molecule has 1 saturated carbocycles. The van der Waals surface area contributed by atoms with E-state index in [1.54, 1.807) is 18.2 Å². The third kappa shape index (κ3) is 3.79. The van der Waals surface area contributed by atoms with Crippen LogP contribution < -0.4 is 10.6 Å². The molecule has 5 nitrogen and oxygen atoms in total. The van der Waals surface area contributed by atoms with Crippen molar-refractivity contribution >= 4 is 17.6 Å². The van der Waals surface area contributed by atoms with Crippen LogP contribution in [0.1, 0.15) is 36.0 Å². The van der Waals surface area contributed by atoms with Crippen LogP contribution in [-0.4, -0.2) is 29.6 Å². The third-order valence-corrected chi connectivity index (χ3v) is 3.34. The molecule has 1 aromatic rings. The summed E-state index contributed by atoms with van der Waals surface area (Å²) in [6.45, 7) is 0.221. The van der Waals surface area contributed by atoms with Gasteiger partial charge in [0.2, 0.25) is 5.91 Å². The number of carbonyl (C=O) groups excluding carboxylic acids is 1. The number of amides is 1. The van der Waals surface area contributed by atoms with Crippen molar-refractivity contribution in [2.75, 3.05) is 11.9 Å². The van der Waals surface area contributed by atoms with Gasteiger partial charge in [-0.2, -0.15) is 0 Å². The summed E-state index contributed by atoms with van der Waals surface area (Å²) in [4.78, 5) is 22.8. The first-order valence-corrected chi connectivity index (χ1v) is 6.52. The molecule has 0 spiro atoms. The molecule has 1 aliphatic rings. The number of hydrogen-bond donors (Lipinski definition) is 3. The maximum atomic E-state index is 11.8. The summed E-state index contributed by atoms with van der Waals surface area (Å²) in [6, 6.07) is 6.82. The molecular weight excluding hydrogens is 244 g/mol. The highest BCUT2D eigenvalue weighted by Gasteiger charge is 2.16. The molecule has 102 valence electrons. The SMILES string of the molecule is O=C(CNC1CCCC1)Nc1ccccc1C(=O)O. The van der Waals surface area contributed by atoms with E-state index in [1.165, 1.54) is 18.9 Å². The normalized spacial score (nSPS) is 15.4. The van der Waals surface area contributed by atoms with E-state index in [1.807, 2.05) is 0 Å². The number of nitrogens with one attached hydrogen (secondary N) is 2. The smallest absolute Gasteiger partial charge is 0.337 e. The summed E-state index contributed by atoms with van der Waals surface area (Å²) in [6.07, 6.45) is 4.64. The average molecular weight is 262 g/mol. The molecule has 1 amide bonds. The Balaban J connectivity index is 1.89. The van der Waals surface area contributed by atoms with Gasteiger partial charge in [-0.3, -0.25) is 4.79 Å². The molecule has 0 aromatic heterocycles. The molecule has 2 rings (SSSR count). The highest BCUT2D eigenvalue weighted by molar-refractivity contribution is 6.01. The Kier molecular flexibility index (Phi) is 4.52. The van der Waals surface area contributed by atoms with Crippen LogP contribution in [0.15, 0.2) is 24.3 Å². The van der Waals surface area contributed by atoms with Crippen LogP contribution in [0.5, 0.6) is 0 Å². The molecule has 3 N–H and O–H groups in total. The Bertz CT molecular complexity index is 468. The van der Waals surface area contributed by atoms with Crippen molar-refractivity contribution in [3.05, 3.63) is 29.8 Å². The van der Waals surface area contributed by atoms with Crippen molar-refractivity contribution in [1.29, 1.82) is 0 Å². The largest absolute Gasteiger partial charge is 0.478 e. The molecular formula is C14H18N2O3. The minimum Gasteiger partial charge on any atom is -0.478 e. The van der Waals surface area contributed by atoms with Crippen molar-refractivity contribution in [3.8, 4) is 0 Å². The molecule has 0 radical (unpaired) electrons. The van der Waals surface area contributed by atoms with E-state index in [-0.39, 0.29) is 18.0 Å². The van der Waals surface area contributed by atoms with E-state index in [4.69, 9.17) is 5.11 Å². The number of carboxylic acid groups (broad SMARTS) is 1. The lowest BCUT2D eigenvalue weighted by Gasteiger charge is -2.12. The van der Waals surface area contributed by atoms with Gasteiger partial charge in [0.05, 0.1) is 17.8 Å². The molecule has 0 aliphatic heterocycles. The predicted octanol–water partition coefficient (Wildman–Crippen LogP) is 1.86. The van der Waals surface area contributed by atoms with Gasteiger partial charge in [0, 0.05) is 6.04 Å². The standard InChI is InChI=1S/C14H18N2O3/c17-13(9-15-10-5-1-2-6-10)16-12-8-4-3-7-11(12)14(18)19/h3-4,7-8,10,15H,1-2,5-6,9H2,(H,16,17)(H,18,19). The molecule has 1 aliphatic carbocycles. The number of para-hydroxylation sites is 1. The van der Waals surface area contributed by atoms with Crippen LogP contribution in [0, 0.1) is 0 Å². The maximum absolute atomic E-state index is 11.8. The number of rotatable bonds is 5. The minimum absolute atomic E-state index is 0.108. The molecule has 1 fully saturated rings. The fourth-order valence-corrected chi connectivity index (χ4v) is 2.34. The first-order chi connectivity index (χ1) is 9.16. The third-order valence-electron chi connectivity index (χ3n) is 3.34. The predicted molar refractivity (Wildman–Crippen MR) is 72.3 cm³/mol. The summed E-state index contributed by atoms with van der Waals surface area (Å²) in [5, 5.41) is 14.8. The van der Waals surface area contributed by atoms with Gasteiger partial charge in [0.25, 0.3) is 0 Å². The lowest BCUT2D eigenvalue weighted by Crippen LogP contribution is -2.34. The summed E-state index contributed by atoms with van der Waals surface area (Å²) in [7, 11) is 0. The van der Waals surface area contributed by atoms with Gasteiger partial charge in [0.15, 0.2) is 0 Å². The van der Waals surface area contributed by atoms with E-state index < -0.39 is 5.97 Å². The van der Waals surface area contributed by atoms with Crippen molar-refractivity contribution in [1.82, 2.24) is 5.32 Å². The van der Waals surface area contributed by atoms with E-state index in [2.05, 4.69) is 10.6 Å². The molecule has 19 heavy (non-hydrogen) atoms. The second-order valence-electron chi connectivity index (χ2n) is 4.76. The Morgan fingerprint density at radius 1 is 1.21 bits per heavy atom. The molecule has 0 heterocycles. The minimum atomic E-state index is -1.04. The second-order valence-corrected chi connectivity index (χ2v) is 4.76. The summed E-state index contributed by atoms with van der Waals surface area (Å²) in [5.74, 6) is -1.25. The van der Waals surface area contributed by atoms with Crippen LogP contribution in [-0.2, 0) is 4.79 Å². The van der Waals surface area contributed by atoms with Crippen molar-refractivity contribution < 1.29 is 14.7 Å². The Hall–Kier alpha value is -1.88. The van der Waals surface area contributed by atoms with Crippen molar-refractivity contribution in [3.63, 3.8) is 0 Å². The van der Waals surface area contributed by atoms with Gasteiger partial charge < -0.3 is 15.7 Å². The average Bonchev–Trinajstić information content (AvgIpc) is 2.90. The van der Waals surface area contributed by atoms with Crippen LogP contribution in [0.3, 0.4) is 0 Å². The Morgan fingerprint density at radius 2 is 1.89 bits per heavy atom. The Labute approximate surface area is 112 Å². The zero-order valence-electron chi connectivity index (χ0n) is 10.7. The molecule has 0 bridgehead atoms. The quantitative estimate of drug-likeness (QED) is 0.756. The van der Waals surface area contributed by atoms with Crippen LogP contribution in [0.25, 0.3) is 0 Å². The van der Waals surface area contributed by atoms with Crippen LogP contribution >= 0.6 is 0 Å². The topological polar surface area (TPSA) is 78.4 Å². The second kappa shape index (κ2) is 6.33. The monoisotopic (exact) mass is 262 g/mol.